The lowest BCUT2D eigenvalue weighted by Gasteiger charge is -2.09. The van der Waals surface area contributed by atoms with Crippen LogP contribution in [0.25, 0.3) is 21.7 Å². The third-order valence-corrected chi connectivity index (χ3v) is 7.46. The summed E-state index contributed by atoms with van der Waals surface area (Å²) >= 11 is 7.41. The van der Waals surface area contributed by atoms with Gasteiger partial charge in [-0.25, -0.2) is 4.98 Å². The van der Waals surface area contributed by atoms with E-state index >= 15 is 0 Å². The van der Waals surface area contributed by atoms with Crippen molar-refractivity contribution in [3.05, 3.63) is 128 Å². The van der Waals surface area contributed by atoms with Gasteiger partial charge in [0.25, 0.3) is 5.69 Å². The number of hydrogen-bond donors (Lipinski definition) is 1. The second-order valence-electron chi connectivity index (χ2n) is 9.14. The molecule has 0 aliphatic carbocycles. The number of thiazole rings is 1. The van der Waals surface area contributed by atoms with Crippen molar-refractivity contribution in [1.29, 1.82) is 0 Å². The Bertz CT molecular complexity index is 1680. The van der Waals surface area contributed by atoms with Gasteiger partial charge in [0.1, 0.15) is 12.4 Å². The number of nitrogens with zero attached hydrogens (tertiary/aromatic N) is 3. The Hall–Kier alpha value is -4.53. The average Bonchev–Trinajstić information content (AvgIpc) is 3.37. The van der Waals surface area contributed by atoms with Crippen molar-refractivity contribution in [2.45, 2.75) is 20.5 Å². The molecule has 200 valence electrons. The summed E-state index contributed by atoms with van der Waals surface area (Å²) < 4.78 is 6.03. The number of aromatic nitrogens is 1. The fraction of sp³-hybridized carbons (Fsp3) is 0.0968. The van der Waals surface area contributed by atoms with Crippen LogP contribution in [0.2, 0.25) is 5.02 Å². The van der Waals surface area contributed by atoms with Gasteiger partial charge < -0.3 is 4.74 Å². The quantitative estimate of drug-likeness (QED) is 0.109. The van der Waals surface area contributed by atoms with Gasteiger partial charge in [-0.1, -0.05) is 71.0 Å². The Kier molecular flexibility index (Phi) is 8.19. The molecule has 0 bridgehead atoms. The first-order valence-corrected chi connectivity index (χ1v) is 13.7. The fourth-order valence-corrected chi connectivity index (χ4v) is 5.24. The molecule has 5 aromatic rings. The van der Waals surface area contributed by atoms with E-state index in [0.29, 0.717) is 22.5 Å². The number of halogens is 1. The maximum Gasteiger partial charge on any atom is 0.269 e. The Morgan fingerprint density at radius 2 is 1.77 bits per heavy atom. The Balaban J connectivity index is 1.40. The molecule has 1 heterocycles. The van der Waals surface area contributed by atoms with Gasteiger partial charge in [0.2, 0.25) is 5.13 Å². The van der Waals surface area contributed by atoms with Gasteiger partial charge in [-0.3, -0.25) is 15.5 Å². The van der Waals surface area contributed by atoms with Crippen molar-refractivity contribution in [1.82, 2.24) is 4.98 Å². The first kappa shape index (κ1) is 27.1. The van der Waals surface area contributed by atoms with E-state index in [9.17, 15) is 10.1 Å². The number of non-ortho nitro benzene ring substituents is 1. The van der Waals surface area contributed by atoms with E-state index < -0.39 is 4.92 Å². The zero-order valence-electron chi connectivity index (χ0n) is 21.8. The Labute approximate surface area is 240 Å². The molecular formula is C31H25ClN4O3S. The van der Waals surface area contributed by atoms with E-state index in [0.717, 1.165) is 44.0 Å². The number of hydrazone groups is 1. The van der Waals surface area contributed by atoms with Crippen molar-refractivity contribution in [3.8, 4) is 27.4 Å². The number of benzene rings is 4. The average molecular weight is 569 g/mol. The van der Waals surface area contributed by atoms with Gasteiger partial charge in [0.15, 0.2) is 0 Å². The summed E-state index contributed by atoms with van der Waals surface area (Å²) in [6, 6.07) is 27.9. The number of nitrogens with one attached hydrogen (secondary N) is 1. The molecule has 1 aromatic heterocycles. The molecule has 0 saturated heterocycles. The second kappa shape index (κ2) is 12.1. The zero-order chi connectivity index (χ0) is 28.1. The van der Waals surface area contributed by atoms with E-state index in [1.165, 1.54) is 23.5 Å². The molecule has 7 nitrogen and oxygen atoms in total. The molecule has 0 fully saturated rings. The number of hydrogen-bond acceptors (Lipinski definition) is 7. The van der Waals surface area contributed by atoms with E-state index in [-0.39, 0.29) is 5.69 Å². The summed E-state index contributed by atoms with van der Waals surface area (Å²) in [6.45, 7) is 4.50. The van der Waals surface area contributed by atoms with Crippen LogP contribution in [0, 0.1) is 24.0 Å². The molecule has 0 aliphatic rings. The lowest BCUT2D eigenvalue weighted by Crippen LogP contribution is -1.99. The topological polar surface area (TPSA) is 89.7 Å². The minimum Gasteiger partial charge on any atom is -0.488 e. The first-order valence-electron chi connectivity index (χ1n) is 12.5. The predicted molar refractivity (Wildman–Crippen MR) is 163 cm³/mol. The number of nitro groups is 1. The molecule has 9 heteroatoms. The molecule has 0 spiro atoms. The van der Waals surface area contributed by atoms with Crippen LogP contribution in [0.5, 0.6) is 5.75 Å². The zero-order valence-corrected chi connectivity index (χ0v) is 23.4. The smallest absolute Gasteiger partial charge is 0.269 e. The highest BCUT2D eigenvalue weighted by molar-refractivity contribution is 7.19. The van der Waals surface area contributed by atoms with Crippen LogP contribution in [0.4, 0.5) is 10.8 Å². The largest absolute Gasteiger partial charge is 0.488 e. The highest BCUT2D eigenvalue weighted by Gasteiger charge is 2.18. The molecular weight excluding hydrogens is 544 g/mol. The summed E-state index contributed by atoms with van der Waals surface area (Å²) in [5, 5.41) is 16.9. The fourth-order valence-electron chi connectivity index (χ4n) is 4.18. The summed E-state index contributed by atoms with van der Waals surface area (Å²) in [5.74, 6) is 0.699. The van der Waals surface area contributed by atoms with Crippen molar-refractivity contribution in [3.63, 3.8) is 0 Å². The van der Waals surface area contributed by atoms with Gasteiger partial charge in [0, 0.05) is 28.3 Å². The summed E-state index contributed by atoms with van der Waals surface area (Å²) in [4.78, 5) is 16.5. The molecule has 5 rings (SSSR count). The van der Waals surface area contributed by atoms with Crippen molar-refractivity contribution >= 4 is 40.0 Å². The van der Waals surface area contributed by atoms with Crippen LogP contribution in [-0.4, -0.2) is 16.1 Å². The standard InChI is InChI=1S/C31H25ClN4O3S/c1-20-7-16-27(21(2)17-20)29-30(23-10-14-26(15-11-23)36(37)38)40-31(34-29)35-33-18-24-5-3-4-6-28(24)39-19-22-8-12-25(32)13-9-22/h3-18H,19H2,1-2H3,(H,34,35)/b33-18-. The maximum absolute atomic E-state index is 11.2. The third-order valence-electron chi connectivity index (χ3n) is 6.19. The lowest BCUT2D eigenvalue weighted by molar-refractivity contribution is -0.384. The van der Waals surface area contributed by atoms with Crippen molar-refractivity contribution < 1.29 is 9.66 Å². The van der Waals surface area contributed by atoms with Crippen LogP contribution in [0.1, 0.15) is 22.3 Å². The highest BCUT2D eigenvalue weighted by Crippen LogP contribution is 2.40. The molecule has 0 unspecified atom stereocenters. The Morgan fingerprint density at radius 3 is 2.50 bits per heavy atom. The lowest BCUT2D eigenvalue weighted by atomic mass is 10.0. The molecule has 4 aromatic carbocycles. The second-order valence-corrected chi connectivity index (χ2v) is 10.6. The third kappa shape index (κ3) is 6.36. The van der Waals surface area contributed by atoms with E-state index in [4.69, 9.17) is 21.3 Å². The molecule has 0 saturated carbocycles. The summed E-state index contributed by atoms with van der Waals surface area (Å²) in [5.41, 5.74) is 9.81. The molecule has 0 amide bonds. The van der Waals surface area contributed by atoms with E-state index in [1.54, 1.807) is 18.3 Å². The van der Waals surface area contributed by atoms with Gasteiger partial charge in [-0.15, -0.1) is 0 Å². The van der Waals surface area contributed by atoms with Crippen molar-refractivity contribution in [2.75, 3.05) is 5.43 Å². The molecule has 0 aliphatic heterocycles. The highest BCUT2D eigenvalue weighted by atomic mass is 35.5. The van der Waals surface area contributed by atoms with Gasteiger partial charge >= 0.3 is 0 Å². The SMILES string of the molecule is Cc1ccc(-c2nc(N/N=C\c3ccccc3OCc3ccc(Cl)cc3)sc2-c2ccc([N+](=O)[O-])cc2)c(C)c1. The van der Waals surface area contributed by atoms with Crippen LogP contribution < -0.4 is 10.2 Å². The molecule has 0 atom stereocenters. The van der Waals surface area contributed by atoms with Gasteiger partial charge in [-0.2, -0.15) is 5.10 Å². The number of aryl methyl sites for hydroxylation is 2. The van der Waals surface area contributed by atoms with Crippen LogP contribution in [0.3, 0.4) is 0 Å². The van der Waals surface area contributed by atoms with Crippen LogP contribution in [0.15, 0.2) is 96.1 Å². The monoisotopic (exact) mass is 568 g/mol. The number of rotatable bonds is 9. The van der Waals surface area contributed by atoms with Crippen LogP contribution in [-0.2, 0) is 6.61 Å². The van der Waals surface area contributed by atoms with E-state index in [1.807, 2.05) is 68.4 Å². The number of nitro benzene ring substituents is 1. The summed E-state index contributed by atoms with van der Waals surface area (Å²) in [7, 11) is 0. The number of para-hydroxylation sites is 1. The minimum atomic E-state index is -0.403. The predicted octanol–water partition coefficient (Wildman–Crippen LogP) is 8.68. The van der Waals surface area contributed by atoms with E-state index in [2.05, 4.69) is 22.7 Å². The molecule has 0 radical (unpaired) electrons. The van der Waals surface area contributed by atoms with Gasteiger partial charge in [0.05, 0.1) is 21.7 Å². The molecule has 1 N–H and O–H groups in total. The first-order chi connectivity index (χ1) is 19.4. The minimum absolute atomic E-state index is 0.0428. The van der Waals surface area contributed by atoms with Gasteiger partial charge in [-0.05, 0) is 66.9 Å². The van der Waals surface area contributed by atoms with Crippen molar-refractivity contribution in [2.24, 2.45) is 5.10 Å². The maximum atomic E-state index is 11.2. The number of ether oxygens (including phenoxy) is 1. The number of anilines is 1. The Morgan fingerprint density at radius 1 is 1.02 bits per heavy atom. The molecule has 40 heavy (non-hydrogen) atoms. The normalized spacial score (nSPS) is 11.1. The summed E-state index contributed by atoms with van der Waals surface area (Å²) in [6.07, 6.45) is 1.70. The van der Waals surface area contributed by atoms with Crippen LogP contribution >= 0.6 is 22.9 Å².